The quantitative estimate of drug-likeness (QED) is 0.487. The Labute approximate surface area is 165 Å². The Bertz CT molecular complexity index is 1170. The molecule has 138 valence electrons. The average Bonchev–Trinajstić information content (AvgIpc) is 3.17. The van der Waals surface area contributed by atoms with Crippen molar-refractivity contribution in [2.75, 3.05) is 6.54 Å². The van der Waals surface area contributed by atoms with Crippen LogP contribution in [0.3, 0.4) is 0 Å². The molecular weight excluding hydrogens is 375 g/mol. The summed E-state index contributed by atoms with van der Waals surface area (Å²) in [6.45, 7) is 0.316. The molecule has 0 bridgehead atoms. The third-order valence-corrected chi connectivity index (χ3v) is 5.43. The number of thioether (sulfide) groups is 1. The minimum atomic E-state index is -0.390. The summed E-state index contributed by atoms with van der Waals surface area (Å²) in [7, 11) is 0. The van der Waals surface area contributed by atoms with E-state index in [1.807, 2.05) is 35.0 Å². The highest BCUT2D eigenvalue weighted by atomic mass is 32.2. The number of hydrogen-bond acceptors (Lipinski definition) is 3. The van der Waals surface area contributed by atoms with E-state index in [9.17, 15) is 14.0 Å². The smallest absolute Gasteiger partial charge is 0.294 e. The molecule has 1 aromatic heterocycles. The van der Waals surface area contributed by atoms with Gasteiger partial charge in [-0.25, -0.2) is 4.39 Å². The van der Waals surface area contributed by atoms with E-state index in [2.05, 4.69) is 5.92 Å². The topological polar surface area (TPSA) is 42.3 Å². The Morgan fingerprint density at radius 2 is 1.86 bits per heavy atom. The third kappa shape index (κ3) is 3.21. The molecule has 0 spiro atoms. The Hall–Kier alpha value is -3.30. The molecule has 0 radical (unpaired) electrons. The van der Waals surface area contributed by atoms with Gasteiger partial charge in [0.1, 0.15) is 5.82 Å². The maximum Gasteiger partial charge on any atom is 0.294 e. The Morgan fingerprint density at radius 3 is 2.64 bits per heavy atom. The molecule has 2 aromatic carbocycles. The maximum absolute atomic E-state index is 14.1. The van der Waals surface area contributed by atoms with Gasteiger partial charge in [0.05, 0.1) is 18.0 Å². The fraction of sp³-hybridized carbons (Fsp3) is 0.0909. The van der Waals surface area contributed by atoms with Crippen LogP contribution in [0.2, 0.25) is 0 Å². The molecule has 1 saturated heterocycles. The monoisotopic (exact) mass is 390 g/mol. The maximum atomic E-state index is 14.1. The van der Waals surface area contributed by atoms with Gasteiger partial charge < -0.3 is 4.57 Å². The zero-order valence-corrected chi connectivity index (χ0v) is 15.6. The second-order valence-corrected chi connectivity index (χ2v) is 7.29. The SMILES string of the molecule is C#CCN1C(=O)S/C(=C/c2cn(Cc3ccccc3F)c3ccccc23)C1=O. The molecule has 0 atom stereocenters. The summed E-state index contributed by atoms with van der Waals surface area (Å²) in [4.78, 5) is 25.8. The first-order chi connectivity index (χ1) is 13.6. The average molecular weight is 390 g/mol. The molecule has 2 heterocycles. The first-order valence-corrected chi connectivity index (χ1v) is 9.40. The lowest BCUT2D eigenvalue weighted by atomic mass is 10.1. The van der Waals surface area contributed by atoms with Crippen LogP contribution in [-0.2, 0) is 11.3 Å². The van der Waals surface area contributed by atoms with Gasteiger partial charge in [-0.05, 0) is 30.0 Å². The van der Waals surface area contributed by atoms with E-state index in [1.54, 1.807) is 24.3 Å². The normalized spacial score (nSPS) is 15.6. The highest BCUT2D eigenvalue weighted by Gasteiger charge is 2.34. The second-order valence-electron chi connectivity index (χ2n) is 6.29. The fourth-order valence-electron chi connectivity index (χ4n) is 3.20. The minimum absolute atomic E-state index is 0.0446. The zero-order chi connectivity index (χ0) is 19.7. The summed E-state index contributed by atoms with van der Waals surface area (Å²) in [6, 6.07) is 14.3. The molecular formula is C22H15FN2O2S. The van der Waals surface area contributed by atoms with Crippen molar-refractivity contribution >= 4 is 39.9 Å². The van der Waals surface area contributed by atoms with Crippen LogP contribution in [0.15, 0.2) is 59.6 Å². The van der Waals surface area contributed by atoms with E-state index in [-0.39, 0.29) is 23.5 Å². The number of imide groups is 1. The van der Waals surface area contributed by atoms with Crippen LogP contribution in [0, 0.1) is 18.2 Å². The van der Waals surface area contributed by atoms with Gasteiger partial charge in [-0.15, -0.1) is 6.42 Å². The summed E-state index contributed by atoms with van der Waals surface area (Å²) >= 11 is 0.875. The van der Waals surface area contributed by atoms with Crippen molar-refractivity contribution in [1.29, 1.82) is 0 Å². The highest BCUT2D eigenvalue weighted by molar-refractivity contribution is 8.18. The van der Waals surface area contributed by atoms with Crippen LogP contribution in [0.25, 0.3) is 17.0 Å². The number of rotatable bonds is 4. The van der Waals surface area contributed by atoms with Crippen LogP contribution < -0.4 is 0 Å². The summed E-state index contributed by atoms with van der Waals surface area (Å²) in [6.07, 6.45) is 8.80. The molecule has 4 rings (SSSR count). The van der Waals surface area contributed by atoms with Crippen molar-refractivity contribution in [2.24, 2.45) is 0 Å². The summed E-state index contributed by atoms with van der Waals surface area (Å²) < 4.78 is 16.0. The lowest BCUT2D eigenvalue weighted by Crippen LogP contribution is -2.28. The van der Waals surface area contributed by atoms with E-state index in [4.69, 9.17) is 6.42 Å². The van der Waals surface area contributed by atoms with Crippen molar-refractivity contribution in [1.82, 2.24) is 9.47 Å². The standard InChI is InChI=1S/C22H15FN2O2S/c1-2-11-25-21(26)20(28-22(25)27)12-16-14-24(19-10-6-4-8-17(16)19)13-15-7-3-5-9-18(15)23/h1,3-10,12,14H,11,13H2/b20-12+. The number of carbonyl (C=O) groups is 2. The Balaban J connectivity index is 1.75. The third-order valence-electron chi connectivity index (χ3n) is 4.53. The summed E-state index contributed by atoms with van der Waals surface area (Å²) in [5, 5.41) is 0.548. The lowest BCUT2D eigenvalue weighted by Gasteiger charge is -2.06. The molecule has 0 aliphatic carbocycles. The predicted molar refractivity (Wildman–Crippen MR) is 109 cm³/mol. The summed E-state index contributed by atoms with van der Waals surface area (Å²) in [5.41, 5.74) is 2.28. The number of aromatic nitrogens is 1. The van der Waals surface area contributed by atoms with Gasteiger partial charge in [0.25, 0.3) is 11.1 Å². The van der Waals surface area contributed by atoms with E-state index < -0.39 is 0 Å². The highest BCUT2D eigenvalue weighted by Crippen LogP contribution is 2.34. The van der Waals surface area contributed by atoms with Crippen LogP contribution >= 0.6 is 11.8 Å². The number of hydrogen-bond donors (Lipinski definition) is 0. The van der Waals surface area contributed by atoms with Gasteiger partial charge in [-0.2, -0.15) is 0 Å². The molecule has 0 saturated carbocycles. The van der Waals surface area contributed by atoms with E-state index in [0.29, 0.717) is 17.0 Å². The van der Waals surface area contributed by atoms with Crippen LogP contribution in [0.1, 0.15) is 11.1 Å². The van der Waals surface area contributed by atoms with Crippen molar-refractivity contribution in [2.45, 2.75) is 6.54 Å². The largest absolute Gasteiger partial charge is 0.342 e. The van der Waals surface area contributed by atoms with E-state index in [0.717, 1.165) is 33.1 Å². The Morgan fingerprint density at radius 1 is 1.11 bits per heavy atom. The fourth-order valence-corrected chi connectivity index (χ4v) is 4.03. The Kier molecular flexibility index (Phi) is 4.76. The van der Waals surface area contributed by atoms with Gasteiger partial charge in [0.15, 0.2) is 0 Å². The molecule has 2 amide bonds. The first-order valence-electron chi connectivity index (χ1n) is 8.58. The number of halogens is 1. The number of carbonyl (C=O) groups excluding carboxylic acids is 2. The van der Waals surface area contributed by atoms with Crippen LogP contribution in [0.5, 0.6) is 0 Å². The lowest BCUT2D eigenvalue weighted by molar-refractivity contribution is -0.122. The molecule has 6 heteroatoms. The number of benzene rings is 2. The molecule has 1 fully saturated rings. The number of terminal acetylenes is 1. The van der Waals surface area contributed by atoms with Gasteiger partial charge in [-0.3, -0.25) is 14.5 Å². The minimum Gasteiger partial charge on any atom is -0.342 e. The molecule has 28 heavy (non-hydrogen) atoms. The van der Waals surface area contributed by atoms with E-state index >= 15 is 0 Å². The van der Waals surface area contributed by atoms with Gasteiger partial charge in [0, 0.05) is 28.2 Å². The van der Waals surface area contributed by atoms with Crippen molar-refractivity contribution in [3.63, 3.8) is 0 Å². The molecule has 0 unspecified atom stereocenters. The van der Waals surface area contributed by atoms with Gasteiger partial charge in [0.2, 0.25) is 0 Å². The number of para-hydroxylation sites is 1. The molecule has 4 nitrogen and oxygen atoms in total. The molecule has 1 aliphatic heterocycles. The van der Waals surface area contributed by atoms with Crippen LogP contribution in [-0.4, -0.2) is 27.2 Å². The van der Waals surface area contributed by atoms with Gasteiger partial charge in [-0.1, -0.05) is 42.3 Å². The number of nitrogens with zero attached hydrogens (tertiary/aromatic N) is 2. The second kappa shape index (κ2) is 7.37. The van der Waals surface area contributed by atoms with Crippen molar-refractivity contribution < 1.29 is 14.0 Å². The molecule has 3 aromatic rings. The first kappa shape index (κ1) is 18.1. The van der Waals surface area contributed by atoms with Gasteiger partial charge >= 0.3 is 0 Å². The van der Waals surface area contributed by atoms with Crippen molar-refractivity contribution in [3.05, 3.63) is 76.6 Å². The van der Waals surface area contributed by atoms with Crippen LogP contribution in [0.4, 0.5) is 9.18 Å². The number of amides is 2. The summed E-state index contributed by atoms with van der Waals surface area (Å²) in [5.74, 6) is 1.67. The molecule has 0 N–H and O–H groups in total. The van der Waals surface area contributed by atoms with E-state index in [1.165, 1.54) is 6.07 Å². The van der Waals surface area contributed by atoms with Crippen molar-refractivity contribution in [3.8, 4) is 12.3 Å². The predicted octanol–water partition coefficient (Wildman–Crippen LogP) is 4.50. The molecule has 1 aliphatic rings. The zero-order valence-electron chi connectivity index (χ0n) is 14.8. The number of fused-ring (bicyclic) bond motifs is 1.